The van der Waals surface area contributed by atoms with Crippen molar-refractivity contribution in [3.63, 3.8) is 0 Å². The third kappa shape index (κ3) is 4.65. The van der Waals surface area contributed by atoms with Crippen molar-refractivity contribution in [2.24, 2.45) is 18.4 Å². The number of nitrogens with zero attached hydrogens (tertiary/aromatic N) is 3. The van der Waals surface area contributed by atoms with Gasteiger partial charge in [0, 0.05) is 19.5 Å². The van der Waals surface area contributed by atoms with Crippen molar-refractivity contribution >= 4 is 12.2 Å². The van der Waals surface area contributed by atoms with Crippen LogP contribution in [0.5, 0.6) is 5.75 Å². The molecule has 4 rings (SSSR count). The number of ether oxygens (including phenoxy) is 1. The maximum atomic E-state index is 12.8. The van der Waals surface area contributed by atoms with Crippen LogP contribution in [-0.4, -0.2) is 15.7 Å². The first-order valence-electron chi connectivity index (χ1n) is 11.2. The molecule has 0 fully saturated rings. The Bertz CT molecular complexity index is 1290. The molecule has 166 valence electrons. The van der Waals surface area contributed by atoms with Gasteiger partial charge >= 0.3 is 5.69 Å². The largest absolute Gasteiger partial charge is 0.489 e. The molecule has 2 aromatic rings. The van der Waals surface area contributed by atoms with Crippen LogP contribution in [0.2, 0.25) is 0 Å². The summed E-state index contributed by atoms with van der Waals surface area (Å²) in [5.74, 6) is 0.942. The fourth-order valence-corrected chi connectivity index (χ4v) is 4.40. The highest BCUT2D eigenvalue weighted by Gasteiger charge is 2.20. The molecule has 0 radical (unpaired) electrons. The number of benzene rings is 1. The van der Waals surface area contributed by atoms with Gasteiger partial charge in [0.05, 0.1) is 22.7 Å². The van der Waals surface area contributed by atoms with E-state index in [0.29, 0.717) is 13.2 Å². The molecular formula is C27H31N3O2. The first kappa shape index (κ1) is 22.0. The van der Waals surface area contributed by atoms with Crippen LogP contribution >= 0.6 is 0 Å². The molecule has 0 saturated heterocycles. The van der Waals surface area contributed by atoms with E-state index in [2.05, 4.69) is 51.1 Å². The lowest BCUT2D eigenvalue weighted by Gasteiger charge is -2.19. The van der Waals surface area contributed by atoms with Crippen molar-refractivity contribution in [1.82, 2.24) is 9.13 Å². The van der Waals surface area contributed by atoms with E-state index < -0.39 is 0 Å². The van der Waals surface area contributed by atoms with E-state index in [1.54, 1.807) is 4.57 Å². The van der Waals surface area contributed by atoms with Gasteiger partial charge in [-0.25, -0.2) is 4.79 Å². The average molecular weight is 430 g/mol. The summed E-state index contributed by atoms with van der Waals surface area (Å²) in [5.41, 5.74) is 2.28. The number of nitriles is 1. The molecule has 5 nitrogen and oxygen atoms in total. The second-order valence-corrected chi connectivity index (χ2v) is 9.95. The van der Waals surface area contributed by atoms with Crippen molar-refractivity contribution < 1.29 is 4.74 Å². The van der Waals surface area contributed by atoms with E-state index in [9.17, 15) is 4.79 Å². The van der Waals surface area contributed by atoms with Crippen LogP contribution in [0.25, 0.3) is 12.2 Å². The lowest BCUT2D eigenvalue weighted by molar-refractivity contribution is 0.333. The molecule has 1 heterocycles. The SMILES string of the molecule is Cn1c2c(n(CC(C)(C)C)c1=O)=CCC(c1cccc(OCC3=CC(C#N)CC=C3)c1)C=2. The summed E-state index contributed by atoms with van der Waals surface area (Å²) in [7, 11) is 1.85. The quantitative estimate of drug-likeness (QED) is 0.732. The third-order valence-corrected chi connectivity index (χ3v) is 5.98. The second kappa shape index (κ2) is 8.70. The number of hydrogen-bond donors (Lipinski definition) is 0. The van der Waals surface area contributed by atoms with Crippen LogP contribution in [-0.2, 0) is 13.6 Å². The van der Waals surface area contributed by atoms with Crippen molar-refractivity contribution in [3.8, 4) is 11.8 Å². The standard InChI is InChI=1S/C27H31N3O2/c1-27(2,3)18-30-24-12-11-22(15-25(24)29(4)26(30)31)21-9-6-10-23(14-21)32-17-20-8-5-7-19(13-20)16-28/h5-6,8-10,12-15,19,22H,7,11,17-18H2,1-4H3. The molecule has 2 aliphatic carbocycles. The molecule has 0 saturated carbocycles. The van der Waals surface area contributed by atoms with Gasteiger partial charge in [0.1, 0.15) is 12.4 Å². The number of fused-ring (bicyclic) bond motifs is 1. The summed E-state index contributed by atoms with van der Waals surface area (Å²) in [6, 6.07) is 10.5. The van der Waals surface area contributed by atoms with Crippen LogP contribution in [0, 0.1) is 22.7 Å². The lowest BCUT2D eigenvalue weighted by atomic mass is 9.92. The van der Waals surface area contributed by atoms with Crippen molar-refractivity contribution in [3.05, 3.63) is 74.8 Å². The highest BCUT2D eigenvalue weighted by atomic mass is 16.5. The Morgan fingerprint density at radius 1 is 1.19 bits per heavy atom. The van der Waals surface area contributed by atoms with Gasteiger partial charge in [-0.1, -0.05) is 63.3 Å². The van der Waals surface area contributed by atoms with Crippen LogP contribution < -0.4 is 21.1 Å². The Labute approximate surface area is 189 Å². The molecule has 2 aliphatic rings. The van der Waals surface area contributed by atoms with Gasteiger partial charge in [-0.2, -0.15) is 5.26 Å². The summed E-state index contributed by atoms with van der Waals surface area (Å²) in [6.45, 7) is 7.61. The Balaban J connectivity index is 1.57. The molecule has 0 aliphatic heterocycles. The molecule has 1 aromatic heterocycles. The fourth-order valence-electron chi connectivity index (χ4n) is 4.40. The molecule has 0 bridgehead atoms. The second-order valence-electron chi connectivity index (χ2n) is 9.95. The zero-order valence-electron chi connectivity index (χ0n) is 19.3. The highest BCUT2D eigenvalue weighted by molar-refractivity contribution is 5.48. The van der Waals surface area contributed by atoms with Gasteiger partial charge in [-0.15, -0.1) is 0 Å². The van der Waals surface area contributed by atoms with Crippen LogP contribution in [0.3, 0.4) is 0 Å². The number of rotatable bonds is 5. The normalized spacial score (nSPS) is 19.9. The Hall–Kier alpha value is -3.26. The zero-order valence-corrected chi connectivity index (χ0v) is 19.3. The monoisotopic (exact) mass is 429 g/mol. The minimum absolute atomic E-state index is 0.0333. The molecule has 2 unspecified atom stereocenters. The van der Waals surface area contributed by atoms with E-state index in [-0.39, 0.29) is 22.9 Å². The van der Waals surface area contributed by atoms with E-state index >= 15 is 0 Å². The topological polar surface area (TPSA) is 59.9 Å². The van der Waals surface area contributed by atoms with Crippen molar-refractivity contribution in [2.45, 2.75) is 46.1 Å². The van der Waals surface area contributed by atoms with Gasteiger partial charge < -0.3 is 4.74 Å². The van der Waals surface area contributed by atoms with Gasteiger partial charge in [-0.05, 0) is 41.5 Å². The smallest absolute Gasteiger partial charge is 0.328 e. The zero-order chi connectivity index (χ0) is 22.9. The molecule has 32 heavy (non-hydrogen) atoms. The van der Waals surface area contributed by atoms with E-state index in [1.165, 1.54) is 5.56 Å². The Morgan fingerprint density at radius 2 is 2.00 bits per heavy atom. The Kier molecular flexibility index (Phi) is 5.97. The third-order valence-electron chi connectivity index (χ3n) is 5.98. The fraction of sp³-hybridized carbons (Fsp3) is 0.407. The minimum Gasteiger partial charge on any atom is -0.489 e. The van der Waals surface area contributed by atoms with Gasteiger partial charge in [0.2, 0.25) is 0 Å². The average Bonchev–Trinajstić information content (AvgIpc) is 3.01. The first-order valence-corrected chi connectivity index (χ1v) is 11.2. The summed E-state index contributed by atoms with van der Waals surface area (Å²) in [6.07, 6.45) is 12.1. The number of imidazole rings is 1. The van der Waals surface area contributed by atoms with Crippen molar-refractivity contribution in [1.29, 1.82) is 5.26 Å². The molecule has 5 heteroatoms. The van der Waals surface area contributed by atoms with E-state index in [1.807, 2.05) is 42.0 Å². The first-order chi connectivity index (χ1) is 15.2. The molecular weight excluding hydrogens is 398 g/mol. The van der Waals surface area contributed by atoms with Gasteiger partial charge in [0.25, 0.3) is 0 Å². The summed E-state index contributed by atoms with van der Waals surface area (Å²) >= 11 is 0. The van der Waals surface area contributed by atoms with E-state index in [4.69, 9.17) is 10.00 Å². The molecule has 0 N–H and O–H groups in total. The lowest BCUT2D eigenvalue weighted by Crippen LogP contribution is -2.37. The molecule has 2 atom stereocenters. The van der Waals surface area contributed by atoms with Crippen LogP contribution in [0.1, 0.15) is 45.1 Å². The summed E-state index contributed by atoms with van der Waals surface area (Å²) in [5, 5.41) is 11.2. The number of aromatic nitrogens is 2. The molecule has 0 spiro atoms. The Morgan fingerprint density at radius 3 is 2.75 bits per heavy atom. The predicted octanol–water partition coefficient (Wildman–Crippen LogP) is 3.39. The number of hydrogen-bond acceptors (Lipinski definition) is 3. The highest BCUT2D eigenvalue weighted by Crippen LogP contribution is 2.27. The maximum absolute atomic E-state index is 12.8. The molecule has 0 amide bonds. The van der Waals surface area contributed by atoms with Gasteiger partial charge in [0.15, 0.2) is 0 Å². The van der Waals surface area contributed by atoms with Crippen LogP contribution in [0.15, 0.2) is 52.9 Å². The maximum Gasteiger partial charge on any atom is 0.328 e. The summed E-state index contributed by atoms with van der Waals surface area (Å²) in [4.78, 5) is 12.8. The van der Waals surface area contributed by atoms with E-state index in [0.717, 1.165) is 34.9 Å². The minimum atomic E-state index is -0.0660. The van der Waals surface area contributed by atoms with Crippen LogP contribution in [0.4, 0.5) is 0 Å². The molecule has 1 aromatic carbocycles. The number of allylic oxidation sites excluding steroid dienone is 2. The van der Waals surface area contributed by atoms with Crippen molar-refractivity contribution in [2.75, 3.05) is 6.61 Å². The van der Waals surface area contributed by atoms with Gasteiger partial charge in [-0.3, -0.25) is 9.13 Å². The summed E-state index contributed by atoms with van der Waals surface area (Å²) < 4.78 is 9.69. The predicted molar refractivity (Wildman–Crippen MR) is 128 cm³/mol.